The van der Waals surface area contributed by atoms with Crippen LogP contribution in [0.5, 0.6) is 5.75 Å². The molecule has 0 radical (unpaired) electrons. The first-order valence-electron chi connectivity index (χ1n) is 6.77. The van der Waals surface area contributed by atoms with Crippen molar-refractivity contribution in [2.45, 2.75) is 13.8 Å². The van der Waals surface area contributed by atoms with E-state index in [0.29, 0.717) is 11.4 Å². The molecular formula is C17H16NO4-. The van der Waals surface area contributed by atoms with Gasteiger partial charge in [0.05, 0.1) is 5.97 Å². The highest BCUT2D eigenvalue weighted by molar-refractivity contribution is 5.93. The fourth-order valence-corrected chi connectivity index (χ4v) is 1.89. The maximum absolute atomic E-state index is 11.8. The molecule has 1 amide bonds. The summed E-state index contributed by atoms with van der Waals surface area (Å²) in [5, 5.41) is 13.3. The molecule has 5 nitrogen and oxygen atoms in total. The van der Waals surface area contributed by atoms with Gasteiger partial charge in [-0.05, 0) is 48.7 Å². The third-order valence-corrected chi connectivity index (χ3v) is 3.11. The summed E-state index contributed by atoms with van der Waals surface area (Å²) in [4.78, 5) is 22.5. The van der Waals surface area contributed by atoms with E-state index in [-0.39, 0.29) is 18.1 Å². The fraction of sp³-hybridized carbons (Fsp3) is 0.176. The summed E-state index contributed by atoms with van der Waals surface area (Å²) < 4.78 is 5.50. The molecular weight excluding hydrogens is 282 g/mol. The number of aromatic carboxylic acids is 1. The van der Waals surface area contributed by atoms with Crippen molar-refractivity contribution in [3.63, 3.8) is 0 Å². The summed E-state index contributed by atoms with van der Waals surface area (Å²) in [7, 11) is 0. The van der Waals surface area contributed by atoms with Gasteiger partial charge in [-0.1, -0.05) is 24.3 Å². The molecule has 2 aromatic carbocycles. The summed E-state index contributed by atoms with van der Waals surface area (Å²) in [5.41, 5.74) is 2.57. The van der Waals surface area contributed by atoms with Crippen molar-refractivity contribution in [3.8, 4) is 5.75 Å². The van der Waals surface area contributed by atoms with Gasteiger partial charge in [0.15, 0.2) is 6.61 Å². The van der Waals surface area contributed by atoms with Crippen molar-refractivity contribution in [1.29, 1.82) is 0 Å². The zero-order chi connectivity index (χ0) is 16.1. The maximum atomic E-state index is 11.8. The minimum Gasteiger partial charge on any atom is -0.545 e. The predicted octanol–water partition coefficient (Wildman–Crippen LogP) is 1.68. The molecule has 0 fully saturated rings. The number of benzene rings is 2. The van der Waals surface area contributed by atoms with Gasteiger partial charge in [0.25, 0.3) is 5.91 Å². The van der Waals surface area contributed by atoms with E-state index in [9.17, 15) is 14.7 Å². The smallest absolute Gasteiger partial charge is 0.262 e. The highest BCUT2D eigenvalue weighted by atomic mass is 16.5. The molecule has 0 aliphatic carbocycles. The minimum absolute atomic E-state index is 0.0598. The van der Waals surface area contributed by atoms with Crippen LogP contribution in [0, 0.1) is 13.8 Å². The molecule has 0 aliphatic heterocycles. The Morgan fingerprint density at radius 2 is 1.77 bits per heavy atom. The number of rotatable bonds is 5. The van der Waals surface area contributed by atoms with E-state index in [4.69, 9.17) is 4.74 Å². The van der Waals surface area contributed by atoms with Crippen LogP contribution < -0.4 is 15.2 Å². The van der Waals surface area contributed by atoms with Gasteiger partial charge in [0.1, 0.15) is 5.75 Å². The molecule has 0 unspecified atom stereocenters. The number of carbonyl (C=O) groups is 2. The highest BCUT2D eigenvalue weighted by Crippen LogP contribution is 2.19. The summed E-state index contributed by atoms with van der Waals surface area (Å²) in [5.74, 6) is -0.902. The zero-order valence-corrected chi connectivity index (χ0v) is 12.4. The van der Waals surface area contributed by atoms with Crippen LogP contribution >= 0.6 is 0 Å². The van der Waals surface area contributed by atoms with Crippen LogP contribution in [0.15, 0.2) is 42.5 Å². The summed E-state index contributed by atoms with van der Waals surface area (Å²) in [6, 6.07) is 11.5. The van der Waals surface area contributed by atoms with Gasteiger partial charge >= 0.3 is 0 Å². The second-order valence-corrected chi connectivity index (χ2v) is 4.97. The van der Waals surface area contributed by atoms with E-state index in [0.717, 1.165) is 11.1 Å². The minimum atomic E-state index is -1.25. The Bertz CT molecular complexity index is 692. The Morgan fingerprint density at radius 3 is 2.41 bits per heavy atom. The van der Waals surface area contributed by atoms with Crippen LogP contribution in [-0.4, -0.2) is 18.5 Å². The molecule has 0 aliphatic rings. The molecule has 2 aromatic rings. The Hall–Kier alpha value is -2.82. The number of anilines is 1. The maximum Gasteiger partial charge on any atom is 0.262 e. The second-order valence-electron chi connectivity index (χ2n) is 4.97. The van der Waals surface area contributed by atoms with E-state index < -0.39 is 5.97 Å². The van der Waals surface area contributed by atoms with Crippen LogP contribution in [0.3, 0.4) is 0 Å². The first kappa shape index (κ1) is 15.6. The normalized spacial score (nSPS) is 10.1. The number of carboxylic acid groups (broad SMARTS) is 1. The van der Waals surface area contributed by atoms with Crippen molar-refractivity contribution in [1.82, 2.24) is 0 Å². The van der Waals surface area contributed by atoms with Gasteiger partial charge in [-0.2, -0.15) is 0 Å². The van der Waals surface area contributed by atoms with Gasteiger partial charge in [-0.25, -0.2) is 0 Å². The number of hydrogen-bond acceptors (Lipinski definition) is 4. The van der Waals surface area contributed by atoms with Crippen LogP contribution in [0.4, 0.5) is 5.69 Å². The summed E-state index contributed by atoms with van der Waals surface area (Å²) in [6.07, 6.45) is 0. The van der Waals surface area contributed by atoms with Crippen LogP contribution in [0.25, 0.3) is 0 Å². The zero-order valence-electron chi connectivity index (χ0n) is 12.4. The van der Waals surface area contributed by atoms with Gasteiger partial charge in [-0.15, -0.1) is 0 Å². The van der Waals surface area contributed by atoms with Crippen molar-refractivity contribution in [3.05, 3.63) is 59.2 Å². The standard InChI is InChI=1S/C17H17NO4/c1-11-3-4-12(2)15(9-11)22-10-16(19)18-14-7-5-13(6-8-14)17(20)21/h3-9H,10H2,1-2H3,(H,18,19)(H,20,21)/p-1. The Morgan fingerprint density at radius 1 is 1.09 bits per heavy atom. The molecule has 0 saturated carbocycles. The average molecular weight is 298 g/mol. The van der Waals surface area contributed by atoms with Crippen LogP contribution in [-0.2, 0) is 4.79 Å². The summed E-state index contributed by atoms with van der Waals surface area (Å²) >= 11 is 0. The molecule has 0 bridgehead atoms. The molecule has 0 atom stereocenters. The molecule has 114 valence electrons. The number of amides is 1. The third-order valence-electron chi connectivity index (χ3n) is 3.11. The van der Waals surface area contributed by atoms with E-state index >= 15 is 0 Å². The van der Waals surface area contributed by atoms with E-state index in [1.54, 1.807) is 0 Å². The summed E-state index contributed by atoms with van der Waals surface area (Å²) in [6.45, 7) is 3.74. The van der Waals surface area contributed by atoms with E-state index in [2.05, 4.69) is 5.32 Å². The largest absolute Gasteiger partial charge is 0.545 e. The number of carboxylic acids is 1. The van der Waals surface area contributed by atoms with E-state index in [1.165, 1.54) is 24.3 Å². The van der Waals surface area contributed by atoms with Gasteiger partial charge in [-0.3, -0.25) is 4.79 Å². The predicted molar refractivity (Wildman–Crippen MR) is 80.8 cm³/mol. The monoisotopic (exact) mass is 298 g/mol. The third kappa shape index (κ3) is 4.09. The highest BCUT2D eigenvalue weighted by Gasteiger charge is 2.06. The topological polar surface area (TPSA) is 78.5 Å². The number of hydrogen-bond donors (Lipinski definition) is 1. The molecule has 0 saturated heterocycles. The molecule has 2 rings (SSSR count). The lowest BCUT2D eigenvalue weighted by Crippen LogP contribution is -2.22. The Kier molecular flexibility index (Phi) is 4.78. The van der Waals surface area contributed by atoms with Crippen molar-refractivity contribution < 1.29 is 19.4 Å². The van der Waals surface area contributed by atoms with Gasteiger partial charge < -0.3 is 20.0 Å². The Balaban J connectivity index is 1.92. The second kappa shape index (κ2) is 6.76. The van der Waals surface area contributed by atoms with Gasteiger partial charge in [0, 0.05) is 5.69 Å². The quantitative estimate of drug-likeness (QED) is 0.911. The molecule has 22 heavy (non-hydrogen) atoms. The first-order valence-corrected chi connectivity index (χ1v) is 6.77. The average Bonchev–Trinajstić information content (AvgIpc) is 2.49. The molecule has 1 N–H and O–H groups in total. The fourth-order valence-electron chi connectivity index (χ4n) is 1.89. The van der Waals surface area contributed by atoms with Crippen LogP contribution in [0.1, 0.15) is 21.5 Å². The molecule has 0 spiro atoms. The number of ether oxygens (including phenoxy) is 1. The Labute approximate surface area is 128 Å². The van der Waals surface area contributed by atoms with Crippen LogP contribution in [0.2, 0.25) is 0 Å². The SMILES string of the molecule is Cc1ccc(C)c(OCC(=O)Nc2ccc(C(=O)[O-])cc2)c1. The molecule has 0 heterocycles. The number of aryl methyl sites for hydroxylation is 2. The van der Waals surface area contributed by atoms with E-state index in [1.807, 2.05) is 32.0 Å². The lowest BCUT2D eigenvalue weighted by atomic mass is 10.1. The van der Waals surface area contributed by atoms with Crippen molar-refractivity contribution in [2.75, 3.05) is 11.9 Å². The molecule has 5 heteroatoms. The number of nitrogens with one attached hydrogen (secondary N) is 1. The first-order chi connectivity index (χ1) is 10.5. The van der Waals surface area contributed by atoms with Gasteiger partial charge in [0.2, 0.25) is 0 Å². The number of carbonyl (C=O) groups excluding carboxylic acids is 2. The lowest BCUT2D eigenvalue weighted by Gasteiger charge is -2.11. The lowest BCUT2D eigenvalue weighted by molar-refractivity contribution is -0.255. The van der Waals surface area contributed by atoms with Crippen molar-refractivity contribution >= 4 is 17.6 Å². The van der Waals surface area contributed by atoms with Crippen molar-refractivity contribution in [2.24, 2.45) is 0 Å². The molecule has 0 aromatic heterocycles.